The molecule has 15 nitrogen and oxygen atoms in total. The van der Waals surface area contributed by atoms with Crippen LogP contribution in [0, 0.1) is 0 Å². The molecule has 8 N–H and O–H groups in total. The number of ether oxygens (including phenoxy) is 6. The number of phenols is 2. The number of aliphatic hydroxyl groups is 6. The standard InChI is InChI=1S/C28H34O15/c1-10-26(43-28-24(36)22(34)21(33)19(9-29)42-28)23(35)25(37)27(39-10)40-12-6-14(31)20-15(32)8-17(41-18(20)7-12)11-3-4-16(38-2)13(30)5-11/h3-7,10,17,19,21-31,33-37H,8-9H2,1-2H3. The number of phenolic OH excluding ortho intramolecular Hbond substituents is 2. The largest absolute Gasteiger partial charge is 0.507 e. The molecule has 11 atom stereocenters. The van der Waals surface area contributed by atoms with E-state index in [-0.39, 0.29) is 35.0 Å². The molecule has 3 heterocycles. The number of Topliss-reactive ketones (excluding diaryl/α,β-unsaturated/α-hetero) is 1. The normalized spacial score (nSPS) is 36.0. The minimum absolute atomic E-state index is 0.0192. The third kappa shape index (κ3) is 5.95. The van der Waals surface area contributed by atoms with Crippen molar-refractivity contribution in [1.29, 1.82) is 0 Å². The fourth-order valence-corrected chi connectivity index (χ4v) is 5.34. The van der Waals surface area contributed by atoms with Gasteiger partial charge in [-0.05, 0) is 24.6 Å². The molecule has 3 aliphatic heterocycles. The molecule has 236 valence electrons. The summed E-state index contributed by atoms with van der Waals surface area (Å²) < 4.78 is 33.4. The van der Waals surface area contributed by atoms with E-state index in [0.717, 1.165) is 6.07 Å². The van der Waals surface area contributed by atoms with Crippen LogP contribution in [0.1, 0.15) is 35.4 Å². The molecule has 0 bridgehead atoms. The van der Waals surface area contributed by atoms with E-state index >= 15 is 0 Å². The summed E-state index contributed by atoms with van der Waals surface area (Å²) in [5.74, 6) is -0.865. The topological polar surface area (TPSA) is 234 Å². The average molecular weight is 611 g/mol. The van der Waals surface area contributed by atoms with Crippen LogP contribution in [-0.4, -0.2) is 122 Å². The van der Waals surface area contributed by atoms with E-state index in [1.54, 1.807) is 6.07 Å². The summed E-state index contributed by atoms with van der Waals surface area (Å²) in [7, 11) is 1.40. The average Bonchev–Trinajstić information content (AvgIpc) is 2.97. The highest BCUT2D eigenvalue weighted by Gasteiger charge is 2.50. The number of aliphatic hydroxyl groups excluding tert-OH is 6. The van der Waals surface area contributed by atoms with Crippen LogP contribution in [0.25, 0.3) is 0 Å². The van der Waals surface area contributed by atoms with Gasteiger partial charge in [0, 0.05) is 12.1 Å². The lowest BCUT2D eigenvalue weighted by Crippen LogP contribution is -2.64. The van der Waals surface area contributed by atoms with E-state index in [9.17, 15) is 45.6 Å². The minimum atomic E-state index is -1.74. The summed E-state index contributed by atoms with van der Waals surface area (Å²) in [5.41, 5.74) is 0.407. The van der Waals surface area contributed by atoms with E-state index in [2.05, 4.69) is 0 Å². The zero-order valence-electron chi connectivity index (χ0n) is 23.1. The van der Waals surface area contributed by atoms with Gasteiger partial charge in [0.1, 0.15) is 71.6 Å². The highest BCUT2D eigenvalue weighted by Crippen LogP contribution is 2.43. The Morgan fingerprint density at radius 3 is 2.28 bits per heavy atom. The summed E-state index contributed by atoms with van der Waals surface area (Å²) in [4.78, 5) is 12.9. The van der Waals surface area contributed by atoms with Gasteiger partial charge in [-0.2, -0.15) is 0 Å². The van der Waals surface area contributed by atoms with Gasteiger partial charge < -0.3 is 69.3 Å². The first-order valence-electron chi connectivity index (χ1n) is 13.5. The van der Waals surface area contributed by atoms with Crippen molar-refractivity contribution in [1.82, 2.24) is 0 Å². The van der Waals surface area contributed by atoms with Crippen molar-refractivity contribution in [2.75, 3.05) is 13.7 Å². The summed E-state index contributed by atoms with van der Waals surface area (Å²) in [6.45, 7) is 0.788. The predicted octanol–water partition coefficient (Wildman–Crippen LogP) is -1.16. The lowest BCUT2D eigenvalue weighted by atomic mass is 9.95. The number of hydrogen-bond acceptors (Lipinski definition) is 15. The number of carbonyl (C=O) groups excluding carboxylic acids is 1. The Kier molecular flexibility index (Phi) is 8.99. The summed E-state index contributed by atoms with van der Waals surface area (Å²) >= 11 is 0. The van der Waals surface area contributed by atoms with Crippen LogP contribution >= 0.6 is 0 Å². The first-order valence-corrected chi connectivity index (χ1v) is 13.5. The second-order valence-corrected chi connectivity index (χ2v) is 10.6. The van der Waals surface area contributed by atoms with Crippen LogP contribution in [-0.2, 0) is 14.2 Å². The van der Waals surface area contributed by atoms with Gasteiger partial charge in [-0.25, -0.2) is 0 Å². The molecule has 2 aromatic carbocycles. The summed E-state index contributed by atoms with van der Waals surface area (Å²) in [6, 6.07) is 6.99. The number of carbonyl (C=O) groups is 1. The summed E-state index contributed by atoms with van der Waals surface area (Å²) in [5, 5.41) is 82.0. The first kappa shape index (κ1) is 31.2. The smallest absolute Gasteiger partial charge is 0.229 e. The Morgan fingerprint density at radius 1 is 0.884 bits per heavy atom. The van der Waals surface area contributed by atoms with Crippen LogP contribution in [0.4, 0.5) is 0 Å². The van der Waals surface area contributed by atoms with Crippen molar-refractivity contribution in [3.8, 4) is 28.7 Å². The summed E-state index contributed by atoms with van der Waals surface area (Å²) in [6.07, 6.45) is -16.0. The molecule has 0 aliphatic carbocycles. The second kappa shape index (κ2) is 12.4. The van der Waals surface area contributed by atoms with Crippen molar-refractivity contribution < 1.29 is 74.1 Å². The lowest BCUT2D eigenvalue weighted by Gasteiger charge is -2.45. The predicted molar refractivity (Wildman–Crippen MR) is 141 cm³/mol. The fourth-order valence-electron chi connectivity index (χ4n) is 5.34. The molecular weight excluding hydrogens is 576 g/mol. The highest BCUT2D eigenvalue weighted by molar-refractivity contribution is 6.02. The number of methoxy groups -OCH3 is 1. The molecule has 3 aliphatic rings. The van der Waals surface area contributed by atoms with E-state index in [4.69, 9.17) is 28.4 Å². The van der Waals surface area contributed by atoms with Crippen LogP contribution in [0.2, 0.25) is 0 Å². The van der Waals surface area contributed by atoms with Crippen molar-refractivity contribution in [2.45, 2.75) is 80.9 Å². The Balaban J connectivity index is 1.30. The molecule has 0 amide bonds. The quantitative estimate of drug-likeness (QED) is 0.185. The van der Waals surface area contributed by atoms with E-state index < -0.39 is 85.7 Å². The molecule has 0 radical (unpaired) electrons. The van der Waals surface area contributed by atoms with Crippen LogP contribution < -0.4 is 14.2 Å². The van der Waals surface area contributed by atoms with Crippen LogP contribution in [0.15, 0.2) is 30.3 Å². The molecule has 0 spiro atoms. The fraction of sp³-hybridized carbons (Fsp3) is 0.536. The van der Waals surface area contributed by atoms with Gasteiger partial charge in [-0.3, -0.25) is 4.79 Å². The zero-order valence-corrected chi connectivity index (χ0v) is 23.1. The second-order valence-electron chi connectivity index (χ2n) is 10.6. The molecule has 15 heteroatoms. The van der Waals surface area contributed by atoms with Gasteiger partial charge in [0.2, 0.25) is 6.29 Å². The Bertz CT molecular complexity index is 1320. The van der Waals surface area contributed by atoms with Crippen molar-refractivity contribution >= 4 is 5.78 Å². The number of aromatic hydroxyl groups is 2. The minimum Gasteiger partial charge on any atom is -0.507 e. The Hall–Kier alpha value is -3.25. The number of rotatable bonds is 7. The van der Waals surface area contributed by atoms with Gasteiger partial charge in [0.05, 0.1) is 26.2 Å². The third-order valence-corrected chi connectivity index (χ3v) is 7.72. The van der Waals surface area contributed by atoms with Gasteiger partial charge in [-0.15, -0.1) is 0 Å². The molecule has 0 aromatic heterocycles. The molecule has 5 rings (SSSR count). The first-order chi connectivity index (χ1) is 20.4. The Labute approximate surface area is 245 Å². The van der Waals surface area contributed by atoms with Crippen molar-refractivity contribution in [3.63, 3.8) is 0 Å². The highest BCUT2D eigenvalue weighted by atomic mass is 16.7. The van der Waals surface area contributed by atoms with E-state index in [1.807, 2.05) is 0 Å². The maximum atomic E-state index is 12.9. The van der Waals surface area contributed by atoms with Crippen LogP contribution in [0.3, 0.4) is 0 Å². The maximum Gasteiger partial charge on any atom is 0.229 e. The number of benzene rings is 2. The third-order valence-electron chi connectivity index (χ3n) is 7.72. The Morgan fingerprint density at radius 2 is 1.60 bits per heavy atom. The van der Waals surface area contributed by atoms with E-state index in [1.165, 1.54) is 32.2 Å². The zero-order chi connectivity index (χ0) is 31.2. The molecule has 0 saturated carbocycles. The number of ketones is 1. The molecule has 43 heavy (non-hydrogen) atoms. The molecule has 2 fully saturated rings. The molecule has 2 aromatic rings. The number of hydrogen-bond donors (Lipinski definition) is 8. The van der Waals surface area contributed by atoms with Gasteiger partial charge >= 0.3 is 0 Å². The maximum absolute atomic E-state index is 12.9. The van der Waals surface area contributed by atoms with Gasteiger partial charge in [0.25, 0.3) is 0 Å². The monoisotopic (exact) mass is 610 g/mol. The van der Waals surface area contributed by atoms with E-state index in [0.29, 0.717) is 5.56 Å². The molecular formula is C28H34O15. The van der Waals surface area contributed by atoms with Crippen molar-refractivity contribution in [3.05, 3.63) is 41.5 Å². The number of fused-ring (bicyclic) bond motifs is 1. The lowest BCUT2D eigenvalue weighted by molar-refractivity contribution is -0.348. The molecule has 11 unspecified atom stereocenters. The molecule has 2 saturated heterocycles. The van der Waals surface area contributed by atoms with Gasteiger partial charge in [0.15, 0.2) is 23.6 Å². The van der Waals surface area contributed by atoms with Crippen LogP contribution in [0.5, 0.6) is 28.7 Å². The van der Waals surface area contributed by atoms with Crippen molar-refractivity contribution in [2.24, 2.45) is 0 Å². The SMILES string of the molecule is COc1ccc(C2CC(=O)c3c(O)cc(OC4OC(C)C(OC5OC(CO)C(O)C(O)C5O)C(O)C4O)cc3O2)cc1O. The van der Waals surface area contributed by atoms with Gasteiger partial charge in [-0.1, -0.05) is 6.07 Å².